The zero-order chi connectivity index (χ0) is 19.6. The van der Waals surface area contributed by atoms with Gasteiger partial charge in [0.15, 0.2) is 0 Å². The lowest BCUT2D eigenvalue weighted by Gasteiger charge is -2.38. The molecule has 2 fully saturated rings. The number of amides is 4. The van der Waals surface area contributed by atoms with Gasteiger partial charge in [0, 0.05) is 31.6 Å². The summed E-state index contributed by atoms with van der Waals surface area (Å²) in [5.74, 6) is -0.663. The van der Waals surface area contributed by atoms with Crippen LogP contribution in [0.3, 0.4) is 0 Å². The van der Waals surface area contributed by atoms with Crippen LogP contribution in [-0.2, 0) is 16.1 Å². The normalized spacial score (nSPS) is 23.4. The summed E-state index contributed by atoms with van der Waals surface area (Å²) < 4.78 is 18.8. The van der Waals surface area contributed by atoms with Gasteiger partial charge >= 0.3 is 6.03 Å². The van der Waals surface area contributed by atoms with Crippen molar-refractivity contribution >= 4 is 17.8 Å². The van der Waals surface area contributed by atoms with Crippen molar-refractivity contribution in [1.29, 1.82) is 0 Å². The molecule has 4 amide bonds. The molecule has 2 aliphatic rings. The number of carbonyl (C=O) groups is 3. The second-order valence-corrected chi connectivity index (χ2v) is 7.08. The van der Waals surface area contributed by atoms with Gasteiger partial charge in [0.05, 0.1) is 19.6 Å². The SMILES string of the molecule is COc1ccc(F)cc1CN1CCC(=O)N(CC2C(=O)NCCC2C)C1=O. The lowest BCUT2D eigenvalue weighted by molar-refractivity contribution is -0.135. The Kier molecular flexibility index (Phi) is 5.62. The summed E-state index contributed by atoms with van der Waals surface area (Å²) >= 11 is 0. The number of benzene rings is 1. The van der Waals surface area contributed by atoms with Crippen LogP contribution in [0.4, 0.5) is 9.18 Å². The van der Waals surface area contributed by atoms with Gasteiger partial charge in [-0.1, -0.05) is 6.92 Å². The predicted molar refractivity (Wildman–Crippen MR) is 95.4 cm³/mol. The molecule has 27 heavy (non-hydrogen) atoms. The molecule has 8 heteroatoms. The first kappa shape index (κ1) is 19.1. The summed E-state index contributed by atoms with van der Waals surface area (Å²) in [6.07, 6.45) is 0.989. The number of urea groups is 1. The third-order valence-corrected chi connectivity index (χ3v) is 5.30. The van der Waals surface area contributed by atoms with Crippen molar-refractivity contribution in [3.05, 3.63) is 29.6 Å². The Balaban J connectivity index is 1.76. The molecule has 0 bridgehead atoms. The number of carbonyl (C=O) groups excluding carboxylic acids is 3. The number of hydrogen-bond acceptors (Lipinski definition) is 4. The molecular weight excluding hydrogens is 353 g/mol. The molecule has 2 saturated heterocycles. The number of methoxy groups -OCH3 is 1. The van der Waals surface area contributed by atoms with Crippen LogP contribution in [0.2, 0.25) is 0 Å². The number of nitrogens with zero attached hydrogens (tertiary/aromatic N) is 2. The third kappa shape index (κ3) is 4.04. The highest BCUT2D eigenvalue weighted by molar-refractivity contribution is 5.97. The average Bonchev–Trinajstić information content (AvgIpc) is 2.63. The number of piperidine rings is 1. The number of ether oxygens (including phenoxy) is 1. The van der Waals surface area contributed by atoms with Gasteiger partial charge in [0.1, 0.15) is 11.6 Å². The lowest BCUT2D eigenvalue weighted by atomic mass is 9.87. The topological polar surface area (TPSA) is 79.0 Å². The molecule has 0 aliphatic carbocycles. The standard InChI is InChI=1S/C19H24FN3O4/c1-12-5-7-21-18(25)15(12)11-23-17(24)6-8-22(19(23)26)10-13-9-14(20)3-4-16(13)27-2/h3-4,9,12,15H,5-8,10-11H2,1-2H3,(H,21,25). The molecule has 0 saturated carbocycles. The summed E-state index contributed by atoms with van der Waals surface area (Å²) in [7, 11) is 1.48. The smallest absolute Gasteiger partial charge is 0.327 e. The second kappa shape index (κ2) is 7.94. The van der Waals surface area contributed by atoms with Crippen LogP contribution in [0.1, 0.15) is 25.3 Å². The second-order valence-electron chi connectivity index (χ2n) is 7.08. The van der Waals surface area contributed by atoms with E-state index in [-0.39, 0.29) is 43.8 Å². The van der Waals surface area contributed by atoms with Gasteiger partial charge in [-0.25, -0.2) is 9.18 Å². The zero-order valence-electron chi connectivity index (χ0n) is 15.5. The Morgan fingerprint density at radius 3 is 2.78 bits per heavy atom. The minimum atomic E-state index is -0.455. The first-order valence-corrected chi connectivity index (χ1v) is 9.10. The summed E-state index contributed by atoms with van der Waals surface area (Å²) in [6.45, 7) is 3.03. The number of rotatable bonds is 5. The molecule has 0 radical (unpaired) electrons. The van der Waals surface area contributed by atoms with E-state index in [1.54, 1.807) is 0 Å². The molecule has 2 aliphatic heterocycles. The Morgan fingerprint density at radius 2 is 2.07 bits per heavy atom. The fourth-order valence-corrected chi connectivity index (χ4v) is 3.61. The van der Waals surface area contributed by atoms with E-state index in [1.807, 2.05) is 6.92 Å². The van der Waals surface area contributed by atoms with Crippen LogP contribution in [0.5, 0.6) is 5.75 Å². The van der Waals surface area contributed by atoms with Gasteiger partial charge in [0.25, 0.3) is 0 Å². The summed E-state index contributed by atoms with van der Waals surface area (Å²) in [4.78, 5) is 40.0. The first-order chi connectivity index (χ1) is 12.9. The van der Waals surface area contributed by atoms with Crippen molar-refractivity contribution in [2.45, 2.75) is 26.3 Å². The minimum Gasteiger partial charge on any atom is -0.496 e. The highest BCUT2D eigenvalue weighted by atomic mass is 19.1. The zero-order valence-corrected chi connectivity index (χ0v) is 15.5. The number of nitrogens with one attached hydrogen (secondary N) is 1. The molecule has 0 aromatic heterocycles. The Hall–Kier alpha value is -2.64. The number of halogens is 1. The Bertz CT molecular complexity index is 754. The van der Waals surface area contributed by atoms with Gasteiger partial charge in [-0.05, 0) is 30.5 Å². The van der Waals surface area contributed by atoms with Gasteiger partial charge in [0.2, 0.25) is 11.8 Å². The summed E-state index contributed by atoms with van der Waals surface area (Å²) in [6, 6.07) is 3.67. The van der Waals surface area contributed by atoms with E-state index in [9.17, 15) is 18.8 Å². The molecule has 1 aromatic rings. The van der Waals surface area contributed by atoms with Crippen LogP contribution in [-0.4, -0.2) is 54.4 Å². The quantitative estimate of drug-likeness (QED) is 0.848. The van der Waals surface area contributed by atoms with Gasteiger partial charge in [-0.3, -0.25) is 14.5 Å². The van der Waals surface area contributed by atoms with E-state index in [2.05, 4.69) is 5.32 Å². The van der Waals surface area contributed by atoms with Crippen LogP contribution in [0.15, 0.2) is 18.2 Å². The van der Waals surface area contributed by atoms with Crippen molar-refractivity contribution in [1.82, 2.24) is 15.1 Å². The molecule has 2 atom stereocenters. The molecule has 7 nitrogen and oxygen atoms in total. The van der Waals surface area contributed by atoms with E-state index in [0.717, 1.165) is 11.3 Å². The van der Waals surface area contributed by atoms with Gasteiger partial charge < -0.3 is 15.0 Å². The van der Waals surface area contributed by atoms with Crippen LogP contribution in [0, 0.1) is 17.7 Å². The van der Waals surface area contributed by atoms with E-state index >= 15 is 0 Å². The molecule has 2 unspecified atom stereocenters. The first-order valence-electron chi connectivity index (χ1n) is 9.10. The van der Waals surface area contributed by atoms with E-state index in [4.69, 9.17) is 4.74 Å². The van der Waals surface area contributed by atoms with Gasteiger partial charge in [-0.2, -0.15) is 0 Å². The molecule has 1 aromatic carbocycles. The highest BCUT2D eigenvalue weighted by Gasteiger charge is 2.38. The highest BCUT2D eigenvalue weighted by Crippen LogP contribution is 2.26. The third-order valence-electron chi connectivity index (χ3n) is 5.30. The maximum Gasteiger partial charge on any atom is 0.327 e. The van der Waals surface area contributed by atoms with E-state index in [0.29, 0.717) is 17.9 Å². The van der Waals surface area contributed by atoms with Crippen molar-refractivity contribution < 1.29 is 23.5 Å². The number of imide groups is 1. The molecule has 1 N–H and O–H groups in total. The van der Waals surface area contributed by atoms with Crippen LogP contribution < -0.4 is 10.1 Å². The molecular formula is C19H24FN3O4. The monoisotopic (exact) mass is 377 g/mol. The van der Waals surface area contributed by atoms with Crippen molar-refractivity contribution in [3.8, 4) is 5.75 Å². The maximum absolute atomic E-state index is 13.6. The fraction of sp³-hybridized carbons (Fsp3) is 0.526. The molecule has 2 heterocycles. The lowest BCUT2D eigenvalue weighted by Crippen LogP contribution is -2.56. The summed E-state index contributed by atoms with van der Waals surface area (Å²) in [5.41, 5.74) is 0.531. The van der Waals surface area contributed by atoms with Gasteiger partial charge in [-0.15, -0.1) is 0 Å². The van der Waals surface area contributed by atoms with Crippen molar-refractivity contribution in [3.63, 3.8) is 0 Å². The van der Waals surface area contributed by atoms with Crippen molar-refractivity contribution in [2.75, 3.05) is 26.7 Å². The maximum atomic E-state index is 13.6. The Labute approximate surface area is 157 Å². The van der Waals surface area contributed by atoms with Crippen LogP contribution in [0.25, 0.3) is 0 Å². The summed E-state index contributed by atoms with van der Waals surface area (Å²) in [5, 5.41) is 2.79. The fourth-order valence-electron chi connectivity index (χ4n) is 3.61. The number of hydrogen-bond donors (Lipinski definition) is 1. The molecule has 3 rings (SSSR count). The molecule has 146 valence electrons. The van der Waals surface area contributed by atoms with Crippen LogP contribution >= 0.6 is 0 Å². The Morgan fingerprint density at radius 1 is 1.30 bits per heavy atom. The minimum absolute atomic E-state index is 0.0709. The largest absolute Gasteiger partial charge is 0.496 e. The van der Waals surface area contributed by atoms with Crippen molar-refractivity contribution in [2.24, 2.45) is 11.8 Å². The van der Waals surface area contributed by atoms with E-state index < -0.39 is 17.8 Å². The van der Waals surface area contributed by atoms with E-state index in [1.165, 1.54) is 30.2 Å². The molecule has 0 spiro atoms. The average molecular weight is 377 g/mol. The predicted octanol–water partition coefficient (Wildman–Crippen LogP) is 1.76.